The number of rotatable bonds is 4. The maximum Gasteiger partial charge on any atom is 0.0670 e. The van der Waals surface area contributed by atoms with Crippen LogP contribution in [0.15, 0.2) is 0 Å². The van der Waals surface area contributed by atoms with Gasteiger partial charge in [0.05, 0.1) is 5.60 Å². The van der Waals surface area contributed by atoms with E-state index in [1.807, 2.05) is 0 Å². The van der Waals surface area contributed by atoms with E-state index >= 15 is 0 Å². The van der Waals surface area contributed by atoms with Crippen molar-refractivity contribution in [1.29, 1.82) is 0 Å². The number of unbranched alkanes of at least 4 members (excludes halogenated alkanes) is 2. The predicted octanol–water partition coefficient (Wildman–Crippen LogP) is 2.76. The van der Waals surface area contributed by atoms with Crippen molar-refractivity contribution >= 4 is 10.8 Å². The van der Waals surface area contributed by atoms with Gasteiger partial charge in [-0.25, -0.2) is 0 Å². The molecule has 16 heavy (non-hydrogen) atoms. The van der Waals surface area contributed by atoms with Gasteiger partial charge in [-0.1, -0.05) is 32.6 Å². The van der Waals surface area contributed by atoms with Crippen LogP contribution in [0.2, 0.25) is 0 Å². The summed E-state index contributed by atoms with van der Waals surface area (Å²) in [4.78, 5) is 0. The van der Waals surface area contributed by atoms with Gasteiger partial charge in [0.15, 0.2) is 0 Å². The van der Waals surface area contributed by atoms with Gasteiger partial charge in [0, 0.05) is 21.3 Å². The summed E-state index contributed by atoms with van der Waals surface area (Å²) in [5, 5.41) is 11.2. The number of fused-ring (bicyclic) bond motifs is 2. The van der Waals surface area contributed by atoms with Gasteiger partial charge >= 0.3 is 0 Å². The average Bonchev–Trinajstić information content (AvgIpc) is 2.21. The van der Waals surface area contributed by atoms with E-state index < -0.39 is 16.4 Å². The van der Waals surface area contributed by atoms with E-state index in [1.165, 1.54) is 19.3 Å². The molecule has 0 saturated carbocycles. The van der Waals surface area contributed by atoms with Crippen molar-refractivity contribution in [1.82, 2.24) is 0 Å². The van der Waals surface area contributed by atoms with Crippen LogP contribution in [0, 0.1) is 0 Å². The molecule has 2 unspecified atom stereocenters. The Morgan fingerprint density at radius 3 is 2.44 bits per heavy atom. The Labute approximate surface area is 101 Å². The third kappa shape index (κ3) is 2.67. The molecule has 1 N–H and O–H groups in total. The molecule has 0 radical (unpaired) electrons. The monoisotopic (exact) mass is 244 g/mol. The van der Waals surface area contributed by atoms with Crippen molar-refractivity contribution in [2.24, 2.45) is 0 Å². The molecule has 0 aromatic carbocycles. The molecular formula is C13H24O2S. The quantitative estimate of drug-likeness (QED) is 0.772. The summed E-state index contributed by atoms with van der Waals surface area (Å²) in [5.74, 6) is 0. The first-order valence-electron chi connectivity index (χ1n) is 6.76. The number of aliphatic hydroxyl groups is 1. The van der Waals surface area contributed by atoms with Gasteiger partial charge in [0.1, 0.15) is 0 Å². The largest absolute Gasteiger partial charge is 0.390 e. The first-order valence-corrected chi connectivity index (χ1v) is 8.04. The lowest BCUT2D eigenvalue weighted by Gasteiger charge is -2.43. The maximum absolute atomic E-state index is 12.0. The first-order chi connectivity index (χ1) is 7.64. The minimum absolute atomic E-state index is 0.291. The summed E-state index contributed by atoms with van der Waals surface area (Å²) < 4.78 is 12.0. The molecule has 2 aliphatic heterocycles. The van der Waals surface area contributed by atoms with Crippen molar-refractivity contribution in [2.45, 2.75) is 80.8 Å². The van der Waals surface area contributed by atoms with Crippen LogP contribution in [0.1, 0.15) is 64.7 Å². The number of hydrogen-bond donors (Lipinski definition) is 1. The molecule has 94 valence electrons. The zero-order valence-electron chi connectivity index (χ0n) is 10.3. The molecular weight excluding hydrogens is 220 g/mol. The zero-order valence-corrected chi connectivity index (χ0v) is 11.1. The van der Waals surface area contributed by atoms with Crippen LogP contribution in [0.3, 0.4) is 0 Å². The molecule has 2 heterocycles. The summed E-state index contributed by atoms with van der Waals surface area (Å²) in [6.45, 7) is 2.19. The van der Waals surface area contributed by atoms with Crippen LogP contribution >= 0.6 is 0 Å². The van der Waals surface area contributed by atoms with Crippen molar-refractivity contribution in [3.05, 3.63) is 0 Å². The summed E-state index contributed by atoms with van der Waals surface area (Å²) in [5.41, 5.74) is -0.487. The highest BCUT2D eigenvalue weighted by molar-refractivity contribution is 7.86. The van der Waals surface area contributed by atoms with Crippen LogP contribution in [0.5, 0.6) is 0 Å². The van der Waals surface area contributed by atoms with E-state index in [0.29, 0.717) is 10.5 Å². The molecule has 2 rings (SSSR count). The van der Waals surface area contributed by atoms with Crippen LogP contribution in [-0.2, 0) is 10.8 Å². The molecule has 0 aliphatic carbocycles. The lowest BCUT2D eigenvalue weighted by atomic mass is 9.82. The highest BCUT2D eigenvalue weighted by atomic mass is 32.2. The lowest BCUT2D eigenvalue weighted by Crippen LogP contribution is -2.48. The molecule has 2 fully saturated rings. The molecule has 2 bridgehead atoms. The fourth-order valence-corrected chi connectivity index (χ4v) is 5.58. The van der Waals surface area contributed by atoms with Gasteiger partial charge < -0.3 is 5.11 Å². The summed E-state index contributed by atoms with van der Waals surface area (Å²) in [7, 11) is -0.650. The molecule has 0 spiro atoms. The SMILES string of the molecule is CCCCCC1(O)CC2CCCC(C1)S2=O. The number of hydrogen-bond acceptors (Lipinski definition) is 2. The molecule has 0 amide bonds. The Kier molecular flexibility index (Phi) is 4.06. The van der Waals surface area contributed by atoms with Gasteiger partial charge in [-0.15, -0.1) is 0 Å². The zero-order chi connectivity index (χ0) is 11.6. The second-order valence-electron chi connectivity index (χ2n) is 5.59. The van der Waals surface area contributed by atoms with Crippen LogP contribution in [-0.4, -0.2) is 25.4 Å². The molecule has 2 atom stereocenters. The third-order valence-corrected chi connectivity index (χ3v) is 6.29. The molecule has 2 nitrogen and oxygen atoms in total. The van der Waals surface area contributed by atoms with Gasteiger partial charge in [-0.05, 0) is 32.1 Å². The van der Waals surface area contributed by atoms with Gasteiger partial charge in [0.2, 0.25) is 0 Å². The fourth-order valence-electron chi connectivity index (χ4n) is 3.29. The standard InChI is InChI=1S/C13H24O2S/c1-2-3-4-8-13(14)9-11-6-5-7-12(10-13)16(11)15/h11-12,14H,2-10H2,1H3. The van der Waals surface area contributed by atoms with Gasteiger partial charge in [-0.3, -0.25) is 4.21 Å². The minimum atomic E-state index is -0.650. The van der Waals surface area contributed by atoms with Crippen molar-refractivity contribution in [3.8, 4) is 0 Å². The second kappa shape index (κ2) is 5.18. The van der Waals surface area contributed by atoms with Gasteiger partial charge in [0.25, 0.3) is 0 Å². The smallest absolute Gasteiger partial charge is 0.0670 e. The molecule has 0 aromatic heterocycles. The van der Waals surface area contributed by atoms with E-state index in [4.69, 9.17) is 0 Å². The van der Waals surface area contributed by atoms with Crippen LogP contribution in [0.25, 0.3) is 0 Å². The van der Waals surface area contributed by atoms with E-state index in [0.717, 1.165) is 38.5 Å². The molecule has 3 heteroatoms. The Balaban J connectivity index is 1.94. The Morgan fingerprint density at radius 1 is 1.25 bits per heavy atom. The highest BCUT2D eigenvalue weighted by Crippen LogP contribution is 2.41. The second-order valence-corrected chi connectivity index (χ2v) is 7.58. The predicted molar refractivity (Wildman–Crippen MR) is 67.9 cm³/mol. The topological polar surface area (TPSA) is 37.3 Å². The Hall–Kier alpha value is 0.110. The first kappa shape index (κ1) is 12.6. The van der Waals surface area contributed by atoms with Crippen LogP contribution < -0.4 is 0 Å². The third-order valence-electron chi connectivity index (χ3n) is 4.17. The Morgan fingerprint density at radius 2 is 1.88 bits per heavy atom. The molecule has 2 aliphatic rings. The Bertz CT molecular complexity index is 249. The van der Waals surface area contributed by atoms with E-state index in [9.17, 15) is 9.32 Å². The van der Waals surface area contributed by atoms with Crippen molar-refractivity contribution < 1.29 is 9.32 Å². The summed E-state index contributed by atoms with van der Waals surface area (Å²) in [6.07, 6.45) is 9.39. The highest BCUT2D eigenvalue weighted by Gasteiger charge is 2.44. The van der Waals surface area contributed by atoms with Crippen LogP contribution in [0.4, 0.5) is 0 Å². The average molecular weight is 244 g/mol. The fraction of sp³-hybridized carbons (Fsp3) is 1.00. The van der Waals surface area contributed by atoms with E-state index in [2.05, 4.69) is 6.92 Å². The van der Waals surface area contributed by atoms with E-state index in [1.54, 1.807) is 0 Å². The lowest BCUT2D eigenvalue weighted by molar-refractivity contribution is 0.000975. The van der Waals surface area contributed by atoms with Crippen molar-refractivity contribution in [3.63, 3.8) is 0 Å². The summed E-state index contributed by atoms with van der Waals surface area (Å²) in [6, 6.07) is 0. The molecule has 0 aromatic rings. The van der Waals surface area contributed by atoms with E-state index in [-0.39, 0.29) is 0 Å². The maximum atomic E-state index is 12.0. The van der Waals surface area contributed by atoms with Gasteiger partial charge in [-0.2, -0.15) is 0 Å². The normalized spacial score (nSPS) is 43.2. The van der Waals surface area contributed by atoms with Crippen molar-refractivity contribution in [2.75, 3.05) is 0 Å². The minimum Gasteiger partial charge on any atom is -0.390 e. The summed E-state index contributed by atoms with van der Waals surface area (Å²) >= 11 is 0. The molecule has 2 saturated heterocycles.